The van der Waals surface area contributed by atoms with Gasteiger partial charge in [0.25, 0.3) is 6.02 Å². The molecule has 4 heteroatoms. The SMILES string of the molecule is Cc1ccc(OCC2CN=C(N)O2)cc1C. The van der Waals surface area contributed by atoms with Gasteiger partial charge in [-0.05, 0) is 37.1 Å². The Hall–Kier alpha value is -1.71. The van der Waals surface area contributed by atoms with Gasteiger partial charge in [-0.15, -0.1) is 0 Å². The normalized spacial score (nSPS) is 19.1. The lowest BCUT2D eigenvalue weighted by Crippen LogP contribution is -2.24. The summed E-state index contributed by atoms with van der Waals surface area (Å²) >= 11 is 0. The van der Waals surface area contributed by atoms with Gasteiger partial charge in [-0.2, -0.15) is 0 Å². The summed E-state index contributed by atoms with van der Waals surface area (Å²) in [5.74, 6) is 0.858. The number of nitrogens with zero attached hydrogens (tertiary/aromatic N) is 1. The van der Waals surface area contributed by atoms with Gasteiger partial charge in [0.2, 0.25) is 0 Å². The second-order valence-electron chi connectivity index (χ2n) is 3.98. The standard InChI is InChI=1S/C12H16N2O2/c1-8-3-4-10(5-9(8)2)15-7-11-6-14-12(13)16-11/h3-5,11H,6-7H2,1-2H3,(H2,13,14). The van der Waals surface area contributed by atoms with Crippen molar-refractivity contribution in [3.05, 3.63) is 29.3 Å². The van der Waals surface area contributed by atoms with Crippen molar-refractivity contribution in [2.24, 2.45) is 10.7 Å². The van der Waals surface area contributed by atoms with E-state index in [1.54, 1.807) is 0 Å². The number of hydrogen-bond acceptors (Lipinski definition) is 4. The van der Waals surface area contributed by atoms with Crippen LogP contribution in [0, 0.1) is 13.8 Å². The number of amidine groups is 1. The largest absolute Gasteiger partial charge is 0.490 e. The predicted molar refractivity (Wildman–Crippen MR) is 62.8 cm³/mol. The molecule has 1 aromatic rings. The van der Waals surface area contributed by atoms with Gasteiger partial charge in [-0.3, -0.25) is 0 Å². The molecule has 0 saturated heterocycles. The minimum atomic E-state index is -0.0541. The highest BCUT2D eigenvalue weighted by atomic mass is 16.5. The summed E-state index contributed by atoms with van der Waals surface area (Å²) in [6.07, 6.45) is -0.0541. The van der Waals surface area contributed by atoms with E-state index in [-0.39, 0.29) is 12.1 Å². The molecule has 86 valence electrons. The van der Waals surface area contributed by atoms with Crippen LogP contribution < -0.4 is 10.5 Å². The molecule has 2 N–H and O–H groups in total. The van der Waals surface area contributed by atoms with E-state index in [0.717, 1.165) is 5.75 Å². The molecule has 0 bridgehead atoms. The van der Waals surface area contributed by atoms with Crippen molar-refractivity contribution in [3.8, 4) is 5.75 Å². The maximum atomic E-state index is 5.62. The zero-order valence-electron chi connectivity index (χ0n) is 9.56. The summed E-state index contributed by atoms with van der Waals surface area (Å²) in [5.41, 5.74) is 7.89. The number of nitrogens with two attached hydrogens (primary N) is 1. The molecule has 0 radical (unpaired) electrons. The zero-order valence-corrected chi connectivity index (χ0v) is 9.56. The molecule has 1 unspecified atom stereocenters. The lowest BCUT2D eigenvalue weighted by molar-refractivity contribution is 0.141. The summed E-state index contributed by atoms with van der Waals surface area (Å²) in [4.78, 5) is 3.95. The molecular weight excluding hydrogens is 204 g/mol. The second kappa shape index (κ2) is 4.43. The van der Waals surface area contributed by atoms with Crippen molar-refractivity contribution in [2.75, 3.05) is 13.2 Å². The molecule has 4 nitrogen and oxygen atoms in total. The number of aliphatic imine (C=N–C) groups is 1. The molecule has 2 rings (SSSR count). The Labute approximate surface area is 95.1 Å². The topological polar surface area (TPSA) is 56.8 Å². The molecule has 1 aromatic carbocycles. The molecule has 16 heavy (non-hydrogen) atoms. The first-order chi connectivity index (χ1) is 7.65. The monoisotopic (exact) mass is 220 g/mol. The lowest BCUT2D eigenvalue weighted by atomic mass is 10.1. The van der Waals surface area contributed by atoms with Crippen LogP contribution in [-0.4, -0.2) is 25.3 Å². The van der Waals surface area contributed by atoms with E-state index in [2.05, 4.69) is 18.8 Å². The van der Waals surface area contributed by atoms with Crippen LogP contribution in [0.4, 0.5) is 0 Å². The van der Waals surface area contributed by atoms with E-state index >= 15 is 0 Å². The minimum absolute atomic E-state index is 0.0541. The van der Waals surface area contributed by atoms with Crippen LogP contribution >= 0.6 is 0 Å². The molecule has 0 spiro atoms. The quantitative estimate of drug-likeness (QED) is 0.837. The van der Waals surface area contributed by atoms with Crippen LogP contribution in [-0.2, 0) is 4.74 Å². The van der Waals surface area contributed by atoms with Crippen molar-refractivity contribution in [1.29, 1.82) is 0 Å². The number of ether oxygens (including phenoxy) is 2. The fraction of sp³-hybridized carbons (Fsp3) is 0.417. The van der Waals surface area contributed by atoms with E-state index < -0.39 is 0 Å². The van der Waals surface area contributed by atoms with Gasteiger partial charge in [0.05, 0.1) is 6.54 Å². The van der Waals surface area contributed by atoms with Gasteiger partial charge < -0.3 is 15.2 Å². The van der Waals surface area contributed by atoms with E-state index in [0.29, 0.717) is 13.2 Å². The lowest BCUT2D eigenvalue weighted by Gasteiger charge is -2.12. The highest BCUT2D eigenvalue weighted by molar-refractivity contribution is 5.73. The number of hydrogen-bond donors (Lipinski definition) is 1. The first kappa shape index (κ1) is 10.8. The van der Waals surface area contributed by atoms with Gasteiger partial charge in [0.15, 0.2) is 6.10 Å². The van der Waals surface area contributed by atoms with Crippen molar-refractivity contribution < 1.29 is 9.47 Å². The van der Waals surface area contributed by atoms with Crippen LogP contribution in [0.25, 0.3) is 0 Å². The Kier molecular flexibility index (Phi) is 2.99. The number of aryl methyl sites for hydroxylation is 2. The summed E-state index contributed by atoms with van der Waals surface area (Å²) in [5, 5.41) is 0. The third-order valence-electron chi connectivity index (χ3n) is 2.65. The Morgan fingerprint density at radius 3 is 2.88 bits per heavy atom. The average molecular weight is 220 g/mol. The van der Waals surface area contributed by atoms with E-state index in [1.807, 2.05) is 18.2 Å². The van der Waals surface area contributed by atoms with Crippen molar-refractivity contribution in [3.63, 3.8) is 0 Å². The van der Waals surface area contributed by atoms with Crippen LogP contribution in [0.3, 0.4) is 0 Å². The molecular formula is C12H16N2O2. The number of rotatable bonds is 3. The Morgan fingerprint density at radius 2 is 2.25 bits per heavy atom. The Bertz CT molecular complexity index is 415. The van der Waals surface area contributed by atoms with Crippen molar-refractivity contribution in [1.82, 2.24) is 0 Å². The molecule has 1 aliphatic rings. The zero-order chi connectivity index (χ0) is 11.5. The first-order valence-corrected chi connectivity index (χ1v) is 5.32. The molecule has 0 aromatic heterocycles. The molecule has 1 atom stereocenters. The van der Waals surface area contributed by atoms with Crippen molar-refractivity contribution in [2.45, 2.75) is 20.0 Å². The fourth-order valence-electron chi connectivity index (χ4n) is 1.52. The second-order valence-corrected chi connectivity index (χ2v) is 3.98. The smallest absolute Gasteiger partial charge is 0.282 e. The van der Waals surface area contributed by atoms with Crippen LogP contribution in [0.1, 0.15) is 11.1 Å². The van der Waals surface area contributed by atoms with Gasteiger partial charge >= 0.3 is 0 Å². The Morgan fingerprint density at radius 1 is 1.44 bits per heavy atom. The maximum Gasteiger partial charge on any atom is 0.282 e. The van der Waals surface area contributed by atoms with Crippen LogP contribution in [0.5, 0.6) is 5.75 Å². The molecule has 1 heterocycles. The first-order valence-electron chi connectivity index (χ1n) is 5.32. The molecule has 1 aliphatic heterocycles. The summed E-state index contributed by atoms with van der Waals surface area (Å²) < 4.78 is 10.9. The van der Waals surface area contributed by atoms with Gasteiger partial charge in [-0.25, -0.2) is 4.99 Å². The van der Waals surface area contributed by atoms with Gasteiger partial charge in [0, 0.05) is 0 Å². The van der Waals surface area contributed by atoms with E-state index in [9.17, 15) is 0 Å². The highest BCUT2D eigenvalue weighted by Crippen LogP contribution is 2.17. The maximum absolute atomic E-state index is 5.62. The minimum Gasteiger partial charge on any atom is -0.490 e. The molecule has 0 amide bonds. The predicted octanol–water partition coefficient (Wildman–Crippen LogP) is 1.40. The van der Waals surface area contributed by atoms with E-state index in [4.69, 9.17) is 15.2 Å². The van der Waals surface area contributed by atoms with Crippen molar-refractivity contribution >= 4 is 6.02 Å². The Balaban J connectivity index is 1.88. The van der Waals surface area contributed by atoms with E-state index in [1.165, 1.54) is 11.1 Å². The fourth-order valence-corrected chi connectivity index (χ4v) is 1.52. The summed E-state index contributed by atoms with van der Waals surface area (Å²) in [6.45, 7) is 5.20. The summed E-state index contributed by atoms with van der Waals surface area (Å²) in [6, 6.07) is 6.29. The van der Waals surface area contributed by atoms with Crippen LogP contribution in [0.15, 0.2) is 23.2 Å². The summed E-state index contributed by atoms with van der Waals surface area (Å²) in [7, 11) is 0. The third kappa shape index (κ3) is 2.45. The molecule has 0 saturated carbocycles. The van der Waals surface area contributed by atoms with Gasteiger partial charge in [0.1, 0.15) is 12.4 Å². The number of benzene rings is 1. The third-order valence-corrected chi connectivity index (χ3v) is 2.65. The van der Waals surface area contributed by atoms with Gasteiger partial charge in [-0.1, -0.05) is 6.07 Å². The molecule has 0 fully saturated rings. The highest BCUT2D eigenvalue weighted by Gasteiger charge is 2.18. The molecule has 0 aliphatic carbocycles. The average Bonchev–Trinajstić information content (AvgIpc) is 2.66. The van der Waals surface area contributed by atoms with Crippen LogP contribution in [0.2, 0.25) is 0 Å².